The van der Waals surface area contributed by atoms with Gasteiger partial charge in [0.15, 0.2) is 5.43 Å². The Bertz CT molecular complexity index is 1360. The summed E-state index contributed by atoms with van der Waals surface area (Å²) in [4.78, 5) is 41.5. The number of pyridine rings is 2. The van der Waals surface area contributed by atoms with Crippen molar-refractivity contribution in [2.24, 2.45) is 0 Å². The Labute approximate surface area is 182 Å². The molecule has 8 nitrogen and oxygen atoms in total. The number of phenolic OH excluding ortho intramolecular Hbond substituents is 1. The van der Waals surface area contributed by atoms with Gasteiger partial charge >= 0.3 is 12.1 Å². The lowest BCUT2D eigenvalue weighted by Gasteiger charge is -2.16. The first-order chi connectivity index (χ1) is 15.5. The first kappa shape index (κ1) is 20.8. The van der Waals surface area contributed by atoms with E-state index in [1.807, 2.05) is 0 Å². The molecule has 32 heavy (non-hydrogen) atoms. The number of ether oxygens (including phenoxy) is 2. The third kappa shape index (κ3) is 3.93. The van der Waals surface area contributed by atoms with Crippen molar-refractivity contribution in [2.45, 2.75) is 6.92 Å². The molecule has 0 saturated heterocycles. The van der Waals surface area contributed by atoms with Crippen LogP contribution in [-0.2, 0) is 4.74 Å². The number of esters is 1. The van der Waals surface area contributed by atoms with Crippen LogP contribution >= 0.6 is 0 Å². The van der Waals surface area contributed by atoms with Gasteiger partial charge in [-0.05, 0) is 61.0 Å². The number of carbonyl (C=O) groups excluding carboxylic acids is 2. The minimum Gasteiger partial charge on any atom is -0.507 e. The average Bonchev–Trinajstić information content (AvgIpc) is 2.80. The number of aromatic nitrogens is 2. The standard InChI is InChI=1S/C24H18N2O6/c1-2-31-24(30)26-18-6-3-7-20(27)22(18)21(28)13-19(26)15-8-10-17(11-9-15)32-23(29)16-5-4-12-25-14-16/h3-14,27H,2H2,1H3. The van der Waals surface area contributed by atoms with Crippen molar-refractivity contribution < 1.29 is 24.2 Å². The van der Waals surface area contributed by atoms with E-state index in [-0.39, 0.29) is 34.7 Å². The van der Waals surface area contributed by atoms with E-state index in [0.717, 1.165) is 0 Å². The summed E-state index contributed by atoms with van der Waals surface area (Å²) in [6.45, 7) is 1.80. The molecule has 0 saturated carbocycles. The van der Waals surface area contributed by atoms with E-state index in [2.05, 4.69) is 4.98 Å². The molecule has 8 heteroatoms. The highest BCUT2D eigenvalue weighted by Crippen LogP contribution is 2.28. The molecule has 0 fully saturated rings. The second kappa shape index (κ2) is 8.73. The normalized spacial score (nSPS) is 10.7. The fourth-order valence-corrected chi connectivity index (χ4v) is 3.30. The van der Waals surface area contributed by atoms with Crippen molar-refractivity contribution >= 4 is 23.0 Å². The molecule has 2 heterocycles. The Morgan fingerprint density at radius 3 is 2.53 bits per heavy atom. The Morgan fingerprint density at radius 1 is 1.06 bits per heavy atom. The summed E-state index contributed by atoms with van der Waals surface area (Å²) in [7, 11) is 0. The van der Waals surface area contributed by atoms with Gasteiger partial charge in [0.25, 0.3) is 0 Å². The molecule has 160 valence electrons. The highest BCUT2D eigenvalue weighted by atomic mass is 16.5. The number of fused-ring (bicyclic) bond motifs is 1. The number of hydrogen-bond acceptors (Lipinski definition) is 7. The number of hydrogen-bond donors (Lipinski definition) is 1. The maximum absolute atomic E-state index is 12.7. The van der Waals surface area contributed by atoms with Crippen LogP contribution in [0.25, 0.3) is 22.2 Å². The maximum atomic E-state index is 12.7. The fourth-order valence-electron chi connectivity index (χ4n) is 3.30. The first-order valence-corrected chi connectivity index (χ1v) is 9.77. The molecule has 2 aromatic carbocycles. The van der Waals surface area contributed by atoms with Gasteiger partial charge in [-0.2, -0.15) is 0 Å². The third-order valence-corrected chi connectivity index (χ3v) is 4.72. The Hall–Kier alpha value is -4.46. The van der Waals surface area contributed by atoms with Crippen molar-refractivity contribution in [2.75, 3.05) is 6.61 Å². The lowest BCUT2D eigenvalue weighted by atomic mass is 10.1. The van der Waals surface area contributed by atoms with Gasteiger partial charge in [-0.1, -0.05) is 6.07 Å². The molecule has 0 aliphatic carbocycles. The largest absolute Gasteiger partial charge is 0.507 e. The molecule has 0 radical (unpaired) electrons. The Morgan fingerprint density at radius 2 is 1.84 bits per heavy atom. The van der Waals surface area contributed by atoms with Gasteiger partial charge in [0, 0.05) is 18.5 Å². The average molecular weight is 430 g/mol. The predicted molar refractivity (Wildman–Crippen MR) is 117 cm³/mol. The van der Waals surface area contributed by atoms with Crippen LogP contribution in [-0.4, -0.2) is 33.3 Å². The van der Waals surface area contributed by atoms with Crippen molar-refractivity contribution in [1.29, 1.82) is 0 Å². The van der Waals surface area contributed by atoms with Crippen LogP contribution in [0.4, 0.5) is 4.79 Å². The smallest absolute Gasteiger partial charge is 0.418 e. The van der Waals surface area contributed by atoms with Crippen molar-refractivity contribution in [3.63, 3.8) is 0 Å². The van der Waals surface area contributed by atoms with Crippen LogP contribution in [0.3, 0.4) is 0 Å². The van der Waals surface area contributed by atoms with Crippen LogP contribution in [0.2, 0.25) is 0 Å². The quantitative estimate of drug-likeness (QED) is 0.385. The van der Waals surface area contributed by atoms with Crippen molar-refractivity contribution in [3.05, 3.63) is 88.8 Å². The lowest BCUT2D eigenvalue weighted by molar-refractivity contribution is 0.0734. The van der Waals surface area contributed by atoms with E-state index in [0.29, 0.717) is 11.1 Å². The van der Waals surface area contributed by atoms with Gasteiger partial charge in [0.05, 0.1) is 28.8 Å². The van der Waals surface area contributed by atoms with Gasteiger partial charge in [0.1, 0.15) is 11.5 Å². The molecule has 0 amide bonds. The highest BCUT2D eigenvalue weighted by molar-refractivity contribution is 5.95. The van der Waals surface area contributed by atoms with E-state index in [9.17, 15) is 19.5 Å². The number of benzene rings is 2. The molecule has 2 aromatic heterocycles. The number of nitrogens with zero attached hydrogens (tertiary/aromatic N) is 2. The molecule has 0 atom stereocenters. The second-order valence-electron chi connectivity index (χ2n) is 6.76. The lowest BCUT2D eigenvalue weighted by Crippen LogP contribution is -2.20. The zero-order valence-corrected chi connectivity index (χ0v) is 17.0. The molecule has 0 spiro atoms. The summed E-state index contributed by atoms with van der Waals surface area (Å²) in [5, 5.41) is 10.2. The van der Waals surface area contributed by atoms with Gasteiger partial charge in [-0.3, -0.25) is 9.78 Å². The second-order valence-corrected chi connectivity index (χ2v) is 6.76. The monoisotopic (exact) mass is 430 g/mol. The van der Waals surface area contributed by atoms with Crippen LogP contribution in [0.1, 0.15) is 17.3 Å². The van der Waals surface area contributed by atoms with Crippen LogP contribution in [0.5, 0.6) is 11.5 Å². The van der Waals surface area contributed by atoms with Gasteiger partial charge in [-0.15, -0.1) is 0 Å². The summed E-state index contributed by atoms with van der Waals surface area (Å²) < 4.78 is 11.7. The molecule has 4 rings (SSSR count). The summed E-state index contributed by atoms with van der Waals surface area (Å²) in [5.74, 6) is -0.503. The van der Waals surface area contributed by atoms with Gasteiger partial charge in [0.2, 0.25) is 0 Å². The number of aromatic hydroxyl groups is 1. The van der Waals surface area contributed by atoms with E-state index >= 15 is 0 Å². The molecule has 4 aromatic rings. The van der Waals surface area contributed by atoms with Gasteiger partial charge < -0.3 is 14.6 Å². The van der Waals surface area contributed by atoms with E-state index in [1.54, 1.807) is 55.6 Å². The predicted octanol–water partition coefficient (Wildman–Crippen LogP) is 3.99. The summed E-state index contributed by atoms with van der Waals surface area (Å²) in [5.41, 5.74) is 0.874. The maximum Gasteiger partial charge on any atom is 0.418 e. The molecule has 0 aliphatic rings. The summed E-state index contributed by atoms with van der Waals surface area (Å²) >= 11 is 0. The van der Waals surface area contributed by atoms with E-state index in [1.165, 1.54) is 29.0 Å². The van der Waals surface area contributed by atoms with E-state index < -0.39 is 17.5 Å². The SMILES string of the molecule is CCOC(=O)n1c(-c2ccc(OC(=O)c3cccnc3)cc2)cc(=O)c2c(O)cccc21. The summed E-state index contributed by atoms with van der Waals surface area (Å²) in [6.07, 6.45) is 2.27. The molecule has 1 N–H and O–H groups in total. The molecule has 0 aliphatic heterocycles. The first-order valence-electron chi connectivity index (χ1n) is 9.77. The summed E-state index contributed by atoms with van der Waals surface area (Å²) in [6, 6.07) is 15.3. The van der Waals surface area contributed by atoms with Crippen LogP contribution in [0.15, 0.2) is 77.9 Å². The van der Waals surface area contributed by atoms with Crippen LogP contribution in [0, 0.1) is 0 Å². The highest BCUT2D eigenvalue weighted by Gasteiger charge is 2.19. The number of carbonyl (C=O) groups is 2. The van der Waals surface area contributed by atoms with E-state index in [4.69, 9.17) is 9.47 Å². The Kier molecular flexibility index (Phi) is 5.67. The Balaban J connectivity index is 1.76. The zero-order valence-electron chi connectivity index (χ0n) is 17.0. The molecule has 0 unspecified atom stereocenters. The molecule has 0 bridgehead atoms. The van der Waals surface area contributed by atoms with Crippen molar-refractivity contribution in [1.82, 2.24) is 9.55 Å². The molecular weight excluding hydrogens is 412 g/mol. The van der Waals surface area contributed by atoms with Crippen molar-refractivity contribution in [3.8, 4) is 22.8 Å². The third-order valence-electron chi connectivity index (χ3n) is 4.72. The number of phenols is 1. The minimum atomic E-state index is -0.690. The molecular formula is C24H18N2O6. The van der Waals surface area contributed by atoms with Crippen LogP contribution < -0.4 is 10.2 Å². The van der Waals surface area contributed by atoms with Gasteiger partial charge in [-0.25, -0.2) is 14.2 Å². The minimum absolute atomic E-state index is 0.0197. The number of rotatable bonds is 4. The topological polar surface area (TPSA) is 108 Å². The zero-order chi connectivity index (χ0) is 22.7. The fraction of sp³-hybridized carbons (Fsp3) is 0.0833.